The van der Waals surface area contributed by atoms with Gasteiger partial charge in [-0.05, 0) is 50.1 Å². The van der Waals surface area contributed by atoms with Gasteiger partial charge in [-0.15, -0.1) is 0 Å². The standard InChI is InChI=1S/C19H30ClN3O2S/c1-2-11-22-12-14-23(15-13-22)19-6-4-3-5-18(19)21-26(24,25)17-9-7-16(20)8-10-17/h7-10,18-19,21H,2-6,11-15H2,1H3/t18-,19+/m1/s1. The van der Waals surface area contributed by atoms with Crippen LogP contribution in [0.4, 0.5) is 0 Å². The van der Waals surface area contributed by atoms with Crippen LogP contribution in [0.3, 0.4) is 0 Å². The molecule has 1 aliphatic heterocycles. The van der Waals surface area contributed by atoms with Crippen molar-refractivity contribution < 1.29 is 8.42 Å². The Morgan fingerprint density at radius 3 is 2.38 bits per heavy atom. The van der Waals surface area contributed by atoms with E-state index in [0.717, 1.165) is 52.0 Å². The average molecular weight is 400 g/mol. The van der Waals surface area contributed by atoms with Crippen LogP contribution in [-0.2, 0) is 10.0 Å². The van der Waals surface area contributed by atoms with E-state index in [-0.39, 0.29) is 6.04 Å². The van der Waals surface area contributed by atoms with Crippen molar-refractivity contribution in [2.75, 3.05) is 32.7 Å². The first-order valence-electron chi connectivity index (χ1n) is 9.74. The Hall–Kier alpha value is -0.660. The molecule has 2 aliphatic rings. The molecule has 7 heteroatoms. The van der Waals surface area contributed by atoms with E-state index >= 15 is 0 Å². The lowest BCUT2D eigenvalue weighted by molar-refractivity contribution is 0.0663. The van der Waals surface area contributed by atoms with Crippen LogP contribution in [0.5, 0.6) is 0 Å². The molecule has 1 saturated carbocycles. The zero-order valence-electron chi connectivity index (χ0n) is 15.5. The third kappa shape index (κ3) is 4.98. The Bertz CT molecular complexity index is 673. The summed E-state index contributed by atoms with van der Waals surface area (Å²) in [6.45, 7) is 7.61. The van der Waals surface area contributed by atoms with E-state index in [2.05, 4.69) is 21.4 Å². The van der Waals surface area contributed by atoms with Gasteiger partial charge in [-0.2, -0.15) is 0 Å². The van der Waals surface area contributed by atoms with Crippen LogP contribution in [0.15, 0.2) is 29.2 Å². The molecule has 0 amide bonds. The molecule has 2 fully saturated rings. The summed E-state index contributed by atoms with van der Waals surface area (Å²) in [4.78, 5) is 5.30. The zero-order valence-corrected chi connectivity index (χ0v) is 17.1. The number of nitrogens with zero attached hydrogens (tertiary/aromatic N) is 2. The van der Waals surface area contributed by atoms with Crippen molar-refractivity contribution in [1.82, 2.24) is 14.5 Å². The maximum Gasteiger partial charge on any atom is 0.240 e. The van der Waals surface area contributed by atoms with Crippen LogP contribution in [0, 0.1) is 0 Å². The summed E-state index contributed by atoms with van der Waals surface area (Å²) in [5.41, 5.74) is 0. The van der Waals surface area contributed by atoms with E-state index in [9.17, 15) is 8.42 Å². The molecule has 0 radical (unpaired) electrons. The van der Waals surface area contributed by atoms with Crippen molar-refractivity contribution in [3.05, 3.63) is 29.3 Å². The average Bonchev–Trinajstić information content (AvgIpc) is 2.63. The number of rotatable bonds is 6. The zero-order chi connectivity index (χ0) is 18.6. The van der Waals surface area contributed by atoms with Gasteiger partial charge in [0.2, 0.25) is 10.0 Å². The predicted octanol–water partition coefficient (Wildman–Crippen LogP) is 2.96. The monoisotopic (exact) mass is 399 g/mol. The summed E-state index contributed by atoms with van der Waals surface area (Å²) in [7, 11) is -3.51. The number of halogens is 1. The minimum Gasteiger partial charge on any atom is -0.301 e. The Kier molecular flexibility index (Phi) is 6.97. The summed E-state index contributed by atoms with van der Waals surface area (Å²) in [6.07, 6.45) is 5.43. The van der Waals surface area contributed by atoms with E-state index in [1.165, 1.54) is 12.8 Å². The summed E-state index contributed by atoms with van der Waals surface area (Å²) in [5.74, 6) is 0. The third-order valence-corrected chi connectivity index (χ3v) is 7.33. The molecule has 1 aliphatic carbocycles. The van der Waals surface area contributed by atoms with Gasteiger partial charge in [0.25, 0.3) is 0 Å². The maximum atomic E-state index is 12.8. The van der Waals surface area contributed by atoms with E-state index < -0.39 is 10.0 Å². The summed E-state index contributed by atoms with van der Waals surface area (Å²) < 4.78 is 28.6. The molecule has 26 heavy (non-hydrogen) atoms. The van der Waals surface area contributed by atoms with Crippen molar-refractivity contribution in [3.8, 4) is 0 Å². The highest BCUT2D eigenvalue weighted by Gasteiger charge is 2.34. The molecule has 1 N–H and O–H groups in total. The van der Waals surface area contributed by atoms with Gasteiger partial charge in [-0.25, -0.2) is 13.1 Å². The fourth-order valence-corrected chi connectivity index (χ4v) is 5.63. The largest absolute Gasteiger partial charge is 0.301 e. The number of hydrogen-bond acceptors (Lipinski definition) is 4. The lowest BCUT2D eigenvalue weighted by atomic mass is 9.89. The van der Waals surface area contributed by atoms with Gasteiger partial charge in [0.1, 0.15) is 0 Å². The molecule has 1 saturated heterocycles. The second-order valence-electron chi connectivity index (χ2n) is 7.41. The van der Waals surface area contributed by atoms with Crippen LogP contribution in [0.2, 0.25) is 5.02 Å². The minimum atomic E-state index is -3.51. The summed E-state index contributed by atoms with van der Waals surface area (Å²) >= 11 is 5.89. The van der Waals surface area contributed by atoms with Crippen LogP contribution in [0.25, 0.3) is 0 Å². The number of benzene rings is 1. The van der Waals surface area contributed by atoms with E-state index in [1.54, 1.807) is 24.3 Å². The predicted molar refractivity (Wildman–Crippen MR) is 106 cm³/mol. The molecule has 5 nitrogen and oxygen atoms in total. The normalized spacial score (nSPS) is 26.1. The second kappa shape index (κ2) is 9.02. The first kappa shape index (κ1) is 20.1. The summed E-state index contributed by atoms with van der Waals surface area (Å²) in [5, 5.41) is 0.546. The minimum absolute atomic E-state index is 0.0119. The molecular formula is C19H30ClN3O2S. The van der Waals surface area contributed by atoms with Crippen molar-refractivity contribution in [2.45, 2.75) is 56.0 Å². The van der Waals surface area contributed by atoms with Gasteiger partial charge in [0.05, 0.1) is 4.90 Å². The highest BCUT2D eigenvalue weighted by atomic mass is 35.5. The number of piperazine rings is 1. The van der Waals surface area contributed by atoms with Gasteiger partial charge in [-0.1, -0.05) is 31.4 Å². The molecule has 0 aromatic heterocycles. The molecule has 0 spiro atoms. The molecule has 0 unspecified atom stereocenters. The fourth-order valence-electron chi connectivity index (χ4n) is 4.20. The van der Waals surface area contributed by atoms with Gasteiger partial charge < -0.3 is 4.90 Å². The van der Waals surface area contributed by atoms with E-state index in [0.29, 0.717) is 16.0 Å². The van der Waals surface area contributed by atoms with Gasteiger partial charge in [0.15, 0.2) is 0 Å². The van der Waals surface area contributed by atoms with Crippen molar-refractivity contribution in [3.63, 3.8) is 0 Å². The molecule has 1 aromatic rings. The molecule has 0 bridgehead atoms. The Morgan fingerprint density at radius 2 is 1.73 bits per heavy atom. The van der Waals surface area contributed by atoms with Crippen molar-refractivity contribution in [2.24, 2.45) is 0 Å². The Morgan fingerprint density at radius 1 is 1.08 bits per heavy atom. The van der Waals surface area contributed by atoms with Gasteiger partial charge in [0, 0.05) is 43.3 Å². The SMILES string of the molecule is CCCN1CCN([C@H]2CCCC[C@H]2NS(=O)(=O)c2ccc(Cl)cc2)CC1. The molecule has 1 aromatic carbocycles. The van der Waals surface area contributed by atoms with Crippen LogP contribution < -0.4 is 4.72 Å². The van der Waals surface area contributed by atoms with Crippen molar-refractivity contribution >= 4 is 21.6 Å². The first-order chi connectivity index (χ1) is 12.5. The topological polar surface area (TPSA) is 52.6 Å². The van der Waals surface area contributed by atoms with Gasteiger partial charge >= 0.3 is 0 Å². The first-order valence-corrected chi connectivity index (χ1v) is 11.6. The smallest absolute Gasteiger partial charge is 0.240 e. The van der Waals surface area contributed by atoms with Gasteiger partial charge in [-0.3, -0.25) is 4.90 Å². The number of hydrogen-bond donors (Lipinski definition) is 1. The molecule has 3 rings (SSSR count). The molecular weight excluding hydrogens is 370 g/mol. The third-order valence-electron chi connectivity index (χ3n) is 5.58. The number of sulfonamides is 1. The quantitative estimate of drug-likeness (QED) is 0.799. The molecule has 1 heterocycles. The van der Waals surface area contributed by atoms with E-state index in [1.807, 2.05) is 0 Å². The van der Waals surface area contributed by atoms with Crippen LogP contribution in [0.1, 0.15) is 39.0 Å². The number of nitrogens with one attached hydrogen (secondary N) is 1. The highest BCUT2D eigenvalue weighted by molar-refractivity contribution is 7.89. The lowest BCUT2D eigenvalue weighted by Crippen LogP contribution is -2.58. The van der Waals surface area contributed by atoms with E-state index in [4.69, 9.17) is 11.6 Å². The van der Waals surface area contributed by atoms with Crippen molar-refractivity contribution in [1.29, 1.82) is 0 Å². The van der Waals surface area contributed by atoms with Crippen LogP contribution in [-0.4, -0.2) is 63.0 Å². The highest BCUT2D eigenvalue weighted by Crippen LogP contribution is 2.26. The Balaban J connectivity index is 1.66. The maximum absolute atomic E-state index is 12.8. The second-order valence-corrected chi connectivity index (χ2v) is 9.56. The summed E-state index contributed by atoms with van der Waals surface area (Å²) in [6, 6.07) is 6.69. The molecule has 146 valence electrons. The Labute approximate surface area is 162 Å². The molecule has 2 atom stereocenters. The lowest BCUT2D eigenvalue weighted by Gasteiger charge is -2.44. The fraction of sp³-hybridized carbons (Fsp3) is 0.684. The van der Waals surface area contributed by atoms with Crippen LogP contribution >= 0.6 is 11.6 Å².